The first-order valence-corrected chi connectivity index (χ1v) is 6.03. The summed E-state index contributed by atoms with van der Waals surface area (Å²) >= 11 is 5.71. The van der Waals surface area contributed by atoms with Gasteiger partial charge in [0.05, 0.1) is 0 Å². The number of Topliss-reactive ketones (excluding diaryl/α,β-unsaturated/α-hetero) is 1. The molecule has 0 bridgehead atoms. The highest BCUT2D eigenvalue weighted by atomic mass is 127. The molecule has 0 amide bonds. The quantitative estimate of drug-likeness (QED) is 0.708. The smallest absolute Gasteiger partial charge is 0.140 e. The van der Waals surface area contributed by atoms with E-state index in [0.29, 0.717) is 5.78 Å². The Bertz CT molecular complexity index is 362. The summed E-state index contributed by atoms with van der Waals surface area (Å²) in [5, 5.41) is 0. The van der Waals surface area contributed by atoms with Crippen molar-refractivity contribution in [2.75, 3.05) is 0 Å². The number of benzene rings is 1. The Morgan fingerprint density at radius 2 is 2.23 bits per heavy atom. The molecule has 1 aliphatic carbocycles. The van der Waals surface area contributed by atoms with Crippen molar-refractivity contribution in [3.63, 3.8) is 0 Å². The molecule has 1 aromatic carbocycles. The van der Waals surface area contributed by atoms with Gasteiger partial charge in [-0.05, 0) is 62.6 Å². The Labute approximate surface area is 99.2 Å². The molecule has 0 heterocycles. The second kappa shape index (κ2) is 3.69. The summed E-state index contributed by atoms with van der Waals surface area (Å²) < 4.78 is 2.28. The maximum atomic E-state index is 11.2. The van der Waals surface area contributed by atoms with E-state index >= 15 is 0 Å². The van der Waals surface area contributed by atoms with Crippen LogP contribution in [0.4, 0.5) is 0 Å². The van der Waals surface area contributed by atoms with Crippen molar-refractivity contribution in [3.8, 4) is 0 Å². The van der Waals surface area contributed by atoms with Crippen molar-refractivity contribution < 1.29 is 4.79 Å². The Hall–Kier alpha value is 0.1000. The predicted octanol–water partition coefficient (Wildman–Crippen LogP) is 3.50. The molecule has 1 aromatic rings. The molecule has 3 heteroatoms. The van der Waals surface area contributed by atoms with E-state index in [-0.39, 0.29) is 5.92 Å². The topological polar surface area (TPSA) is 17.1 Å². The minimum atomic E-state index is 0.182. The van der Waals surface area contributed by atoms with Crippen LogP contribution in [0.25, 0.3) is 0 Å². The lowest BCUT2D eigenvalue weighted by atomic mass is 9.79. The number of carbonyl (C=O) groups is 1. The molecular weight excluding hydrogens is 343 g/mol. The van der Waals surface area contributed by atoms with Gasteiger partial charge in [0.2, 0.25) is 0 Å². The number of carbonyl (C=O) groups excluding carboxylic acids is 1. The van der Waals surface area contributed by atoms with Crippen LogP contribution in [0.2, 0.25) is 0 Å². The molecule has 1 fully saturated rings. The third kappa shape index (κ3) is 1.81. The standard InChI is InChI=1S/C10H8BrIO/c11-8-3-1-6(5-9(8)12)7-2-4-10(7)13/h1,3,5,7H,2,4H2. The minimum absolute atomic E-state index is 0.182. The van der Waals surface area contributed by atoms with Crippen molar-refractivity contribution >= 4 is 44.3 Å². The average Bonchev–Trinajstić information content (AvgIpc) is 2.09. The zero-order chi connectivity index (χ0) is 9.42. The molecule has 1 atom stereocenters. The fourth-order valence-corrected chi connectivity index (χ4v) is 2.27. The number of halogens is 2. The molecule has 13 heavy (non-hydrogen) atoms. The summed E-state index contributed by atoms with van der Waals surface area (Å²) in [5.74, 6) is 0.569. The second-order valence-electron chi connectivity index (χ2n) is 3.23. The van der Waals surface area contributed by atoms with E-state index in [0.717, 1.165) is 17.3 Å². The first kappa shape index (κ1) is 9.65. The fraction of sp³-hybridized carbons (Fsp3) is 0.300. The van der Waals surface area contributed by atoms with Crippen molar-refractivity contribution in [1.29, 1.82) is 0 Å². The maximum absolute atomic E-state index is 11.2. The van der Waals surface area contributed by atoms with Crippen LogP contribution in [-0.4, -0.2) is 5.78 Å². The third-order valence-corrected chi connectivity index (χ3v) is 4.74. The van der Waals surface area contributed by atoms with Gasteiger partial charge in [-0.15, -0.1) is 0 Å². The molecule has 1 unspecified atom stereocenters. The maximum Gasteiger partial charge on any atom is 0.140 e. The normalized spacial score (nSPS) is 21.4. The Kier molecular flexibility index (Phi) is 2.74. The van der Waals surface area contributed by atoms with Gasteiger partial charge < -0.3 is 0 Å². The first-order valence-electron chi connectivity index (χ1n) is 4.16. The van der Waals surface area contributed by atoms with Crippen LogP contribution in [0, 0.1) is 3.57 Å². The monoisotopic (exact) mass is 350 g/mol. The highest BCUT2D eigenvalue weighted by Gasteiger charge is 2.29. The zero-order valence-electron chi connectivity index (χ0n) is 6.89. The summed E-state index contributed by atoms with van der Waals surface area (Å²) in [6, 6.07) is 6.14. The van der Waals surface area contributed by atoms with Gasteiger partial charge in [0.25, 0.3) is 0 Å². The highest BCUT2D eigenvalue weighted by Crippen LogP contribution is 2.34. The van der Waals surface area contributed by atoms with Crippen molar-refractivity contribution in [2.45, 2.75) is 18.8 Å². The van der Waals surface area contributed by atoms with E-state index < -0.39 is 0 Å². The van der Waals surface area contributed by atoms with Gasteiger partial charge >= 0.3 is 0 Å². The number of hydrogen-bond donors (Lipinski definition) is 0. The molecule has 68 valence electrons. The Morgan fingerprint density at radius 3 is 2.69 bits per heavy atom. The Morgan fingerprint density at radius 1 is 1.46 bits per heavy atom. The average molecular weight is 351 g/mol. The van der Waals surface area contributed by atoms with E-state index in [1.54, 1.807) is 0 Å². The van der Waals surface area contributed by atoms with Crippen LogP contribution in [0.1, 0.15) is 24.3 Å². The van der Waals surface area contributed by atoms with E-state index in [9.17, 15) is 4.79 Å². The molecule has 0 N–H and O–H groups in total. The van der Waals surface area contributed by atoms with Crippen molar-refractivity contribution in [1.82, 2.24) is 0 Å². The second-order valence-corrected chi connectivity index (χ2v) is 5.25. The van der Waals surface area contributed by atoms with Crippen LogP contribution < -0.4 is 0 Å². The molecule has 0 radical (unpaired) electrons. The third-order valence-electron chi connectivity index (χ3n) is 2.41. The van der Waals surface area contributed by atoms with Crippen LogP contribution in [0.3, 0.4) is 0 Å². The molecule has 0 aromatic heterocycles. The van der Waals surface area contributed by atoms with Gasteiger partial charge in [-0.1, -0.05) is 6.07 Å². The lowest BCUT2D eigenvalue weighted by Gasteiger charge is -2.24. The molecular formula is C10H8BrIO. The summed E-state index contributed by atoms with van der Waals surface area (Å²) in [4.78, 5) is 11.2. The van der Waals surface area contributed by atoms with Crippen LogP contribution >= 0.6 is 38.5 Å². The van der Waals surface area contributed by atoms with Gasteiger partial charge in [-0.25, -0.2) is 0 Å². The van der Waals surface area contributed by atoms with Gasteiger partial charge in [-0.2, -0.15) is 0 Å². The van der Waals surface area contributed by atoms with E-state index in [1.165, 1.54) is 9.13 Å². The van der Waals surface area contributed by atoms with Gasteiger partial charge in [0, 0.05) is 20.4 Å². The molecule has 1 saturated carbocycles. The molecule has 2 rings (SSSR count). The van der Waals surface area contributed by atoms with Crippen LogP contribution in [-0.2, 0) is 4.79 Å². The molecule has 0 aliphatic heterocycles. The largest absolute Gasteiger partial charge is 0.299 e. The molecule has 1 nitrogen and oxygen atoms in total. The van der Waals surface area contributed by atoms with E-state index in [2.05, 4.69) is 44.6 Å². The Balaban J connectivity index is 2.31. The van der Waals surface area contributed by atoms with Crippen molar-refractivity contribution in [3.05, 3.63) is 31.8 Å². The summed E-state index contributed by atoms with van der Waals surface area (Å²) in [5.41, 5.74) is 1.17. The van der Waals surface area contributed by atoms with E-state index in [1.807, 2.05) is 12.1 Å². The molecule has 0 spiro atoms. The molecule has 1 aliphatic rings. The number of hydrogen-bond acceptors (Lipinski definition) is 1. The predicted molar refractivity (Wildman–Crippen MR) is 63.8 cm³/mol. The summed E-state index contributed by atoms with van der Waals surface area (Å²) in [6.07, 6.45) is 1.79. The SMILES string of the molecule is O=C1CCC1c1ccc(Br)c(I)c1. The van der Waals surface area contributed by atoms with Crippen LogP contribution in [0.5, 0.6) is 0 Å². The lowest BCUT2D eigenvalue weighted by Crippen LogP contribution is -2.23. The van der Waals surface area contributed by atoms with Gasteiger partial charge in [-0.3, -0.25) is 4.79 Å². The number of rotatable bonds is 1. The minimum Gasteiger partial charge on any atom is -0.299 e. The number of ketones is 1. The summed E-state index contributed by atoms with van der Waals surface area (Å²) in [7, 11) is 0. The summed E-state index contributed by atoms with van der Waals surface area (Å²) in [6.45, 7) is 0. The van der Waals surface area contributed by atoms with Gasteiger partial charge in [0.1, 0.15) is 5.78 Å². The lowest BCUT2D eigenvalue weighted by molar-refractivity contribution is -0.125. The molecule has 0 saturated heterocycles. The fourth-order valence-electron chi connectivity index (χ4n) is 1.49. The van der Waals surface area contributed by atoms with Crippen molar-refractivity contribution in [2.24, 2.45) is 0 Å². The van der Waals surface area contributed by atoms with Crippen LogP contribution in [0.15, 0.2) is 22.7 Å². The highest BCUT2D eigenvalue weighted by molar-refractivity contribution is 14.1. The van der Waals surface area contributed by atoms with E-state index in [4.69, 9.17) is 0 Å². The van der Waals surface area contributed by atoms with Gasteiger partial charge in [0.15, 0.2) is 0 Å². The first-order chi connectivity index (χ1) is 6.18. The zero-order valence-corrected chi connectivity index (χ0v) is 10.6.